The van der Waals surface area contributed by atoms with Crippen LogP contribution in [0.2, 0.25) is 0 Å². The molecule has 0 heterocycles. The average Bonchev–Trinajstić information content (AvgIpc) is 2.19. The van der Waals surface area contributed by atoms with Crippen molar-refractivity contribution in [2.75, 3.05) is 6.54 Å². The molecule has 0 bridgehead atoms. The third-order valence-corrected chi connectivity index (χ3v) is 3.34. The van der Waals surface area contributed by atoms with Crippen LogP contribution in [0.4, 0.5) is 0 Å². The highest BCUT2D eigenvalue weighted by atomic mass is 32.2. The lowest BCUT2D eigenvalue weighted by atomic mass is 10.1. The van der Waals surface area contributed by atoms with Crippen LogP contribution in [-0.2, 0) is 16.8 Å². The molecule has 5 heteroatoms. The summed E-state index contributed by atoms with van der Waals surface area (Å²) in [6.07, 6.45) is 0.752. The second kappa shape index (κ2) is 5.43. The Morgan fingerprint density at radius 2 is 1.81 bits per heavy atom. The molecule has 1 aromatic carbocycles. The molecule has 0 aliphatic carbocycles. The third-order valence-electron chi connectivity index (χ3n) is 2.31. The van der Waals surface area contributed by atoms with Crippen LogP contribution in [0.5, 0.6) is 0 Å². The molecular formula is C11H18N2O2S. The van der Waals surface area contributed by atoms with Crippen LogP contribution in [0.1, 0.15) is 24.5 Å². The van der Waals surface area contributed by atoms with E-state index < -0.39 is 10.2 Å². The molecule has 1 aromatic rings. The summed E-state index contributed by atoms with van der Waals surface area (Å²) in [5.41, 5.74) is 2.11. The quantitative estimate of drug-likeness (QED) is 0.848. The van der Waals surface area contributed by atoms with Crippen molar-refractivity contribution >= 4 is 10.2 Å². The van der Waals surface area contributed by atoms with Crippen LogP contribution in [0.25, 0.3) is 0 Å². The number of aryl methyl sites for hydroxylation is 1. The van der Waals surface area contributed by atoms with Crippen molar-refractivity contribution in [3.63, 3.8) is 0 Å². The zero-order chi connectivity index (χ0) is 12.2. The van der Waals surface area contributed by atoms with Crippen LogP contribution in [-0.4, -0.2) is 19.3 Å². The van der Waals surface area contributed by atoms with E-state index in [2.05, 4.69) is 0 Å². The molecule has 0 amide bonds. The molecule has 0 saturated heterocycles. The predicted octanol–water partition coefficient (Wildman–Crippen LogP) is 1.41. The number of benzene rings is 1. The van der Waals surface area contributed by atoms with Crippen LogP contribution in [0.15, 0.2) is 24.3 Å². The van der Waals surface area contributed by atoms with Crippen LogP contribution >= 0.6 is 0 Å². The lowest BCUT2D eigenvalue weighted by Crippen LogP contribution is -2.36. The number of hydrogen-bond donors (Lipinski definition) is 1. The Morgan fingerprint density at radius 1 is 1.25 bits per heavy atom. The van der Waals surface area contributed by atoms with Gasteiger partial charge in [-0.1, -0.05) is 36.8 Å². The number of nitrogens with two attached hydrogens (primary N) is 1. The summed E-state index contributed by atoms with van der Waals surface area (Å²) in [4.78, 5) is 0. The third kappa shape index (κ3) is 3.92. The number of rotatable bonds is 5. The SMILES string of the molecule is CCCN(Cc1ccc(C)cc1)S(N)(=O)=O. The summed E-state index contributed by atoms with van der Waals surface area (Å²) >= 11 is 0. The normalized spacial score (nSPS) is 12.0. The van der Waals surface area contributed by atoms with Crippen molar-refractivity contribution in [3.8, 4) is 0 Å². The second-order valence-corrected chi connectivity index (χ2v) is 5.41. The van der Waals surface area contributed by atoms with Crippen molar-refractivity contribution in [1.29, 1.82) is 0 Å². The van der Waals surface area contributed by atoms with Crippen molar-refractivity contribution in [2.24, 2.45) is 5.14 Å². The Bertz CT molecular complexity index is 426. The van der Waals surface area contributed by atoms with E-state index in [4.69, 9.17) is 5.14 Å². The van der Waals surface area contributed by atoms with Crippen molar-refractivity contribution in [2.45, 2.75) is 26.8 Å². The summed E-state index contributed by atoms with van der Waals surface area (Å²) in [6, 6.07) is 7.76. The van der Waals surface area contributed by atoms with Gasteiger partial charge in [-0.05, 0) is 18.9 Å². The van der Waals surface area contributed by atoms with Gasteiger partial charge in [0.1, 0.15) is 0 Å². The lowest BCUT2D eigenvalue weighted by molar-refractivity contribution is 0.406. The summed E-state index contributed by atoms with van der Waals surface area (Å²) in [5.74, 6) is 0. The molecule has 0 aliphatic heterocycles. The highest BCUT2D eigenvalue weighted by Gasteiger charge is 2.16. The maximum atomic E-state index is 11.3. The highest BCUT2D eigenvalue weighted by Crippen LogP contribution is 2.09. The molecule has 2 N–H and O–H groups in total. The minimum Gasteiger partial charge on any atom is -0.216 e. The minimum absolute atomic E-state index is 0.340. The number of nitrogens with zero attached hydrogens (tertiary/aromatic N) is 1. The summed E-state index contributed by atoms with van der Waals surface area (Å²) < 4.78 is 23.9. The zero-order valence-electron chi connectivity index (χ0n) is 9.68. The first-order valence-corrected chi connectivity index (χ1v) is 6.77. The van der Waals surface area contributed by atoms with E-state index in [-0.39, 0.29) is 0 Å². The van der Waals surface area contributed by atoms with Crippen molar-refractivity contribution in [3.05, 3.63) is 35.4 Å². The molecule has 0 atom stereocenters. The van der Waals surface area contributed by atoms with Gasteiger partial charge < -0.3 is 0 Å². The highest BCUT2D eigenvalue weighted by molar-refractivity contribution is 7.86. The van der Waals surface area contributed by atoms with Crippen LogP contribution in [0.3, 0.4) is 0 Å². The first kappa shape index (κ1) is 13.2. The predicted molar refractivity (Wildman–Crippen MR) is 65.0 cm³/mol. The lowest BCUT2D eigenvalue weighted by Gasteiger charge is -2.18. The zero-order valence-corrected chi connectivity index (χ0v) is 10.5. The average molecular weight is 242 g/mol. The van der Waals surface area contributed by atoms with E-state index in [1.165, 1.54) is 4.31 Å². The van der Waals surface area contributed by atoms with Gasteiger partial charge in [-0.15, -0.1) is 0 Å². The van der Waals surface area contributed by atoms with Gasteiger partial charge in [0, 0.05) is 13.1 Å². The Balaban J connectivity index is 2.80. The largest absolute Gasteiger partial charge is 0.277 e. The van der Waals surface area contributed by atoms with Gasteiger partial charge in [-0.2, -0.15) is 12.7 Å². The van der Waals surface area contributed by atoms with Crippen LogP contribution in [0, 0.1) is 6.92 Å². The number of hydrogen-bond acceptors (Lipinski definition) is 2. The van der Waals surface area contributed by atoms with Gasteiger partial charge in [0.2, 0.25) is 0 Å². The molecule has 0 unspecified atom stereocenters. The van der Waals surface area contributed by atoms with E-state index >= 15 is 0 Å². The van der Waals surface area contributed by atoms with Gasteiger partial charge in [0.05, 0.1) is 0 Å². The summed E-state index contributed by atoms with van der Waals surface area (Å²) in [7, 11) is -3.60. The van der Waals surface area contributed by atoms with Crippen molar-refractivity contribution in [1.82, 2.24) is 4.31 Å². The fraction of sp³-hybridized carbons (Fsp3) is 0.455. The Kier molecular flexibility index (Phi) is 4.46. The Labute approximate surface area is 97.3 Å². The Hall–Kier alpha value is -0.910. The molecule has 0 aromatic heterocycles. The molecule has 1 rings (SSSR count). The fourth-order valence-corrected chi connectivity index (χ4v) is 2.21. The second-order valence-electron chi connectivity index (χ2n) is 3.86. The van der Waals surface area contributed by atoms with E-state index in [0.717, 1.165) is 17.5 Å². The summed E-state index contributed by atoms with van der Waals surface area (Å²) in [5, 5.41) is 5.14. The molecule has 16 heavy (non-hydrogen) atoms. The van der Waals surface area contributed by atoms with Gasteiger partial charge in [0.15, 0.2) is 0 Å². The van der Waals surface area contributed by atoms with Gasteiger partial charge >= 0.3 is 0 Å². The Morgan fingerprint density at radius 3 is 2.25 bits per heavy atom. The maximum Gasteiger partial charge on any atom is 0.277 e. The molecule has 0 radical (unpaired) electrons. The first-order valence-electron chi connectivity index (χ1n) is 5.27. The molecule has 90 valence electrons. The molecule has 0 saturated carbocycles. The standard InChI is InChI=1S/C11H18N2O2S/c1-3-8-13(16(12,14)15)9-11-6-4-10(2)5-7-11/h4-7H,3,8-9H2,1-2H3,(H2,12,14,15). The smallest absolute Gasteiger partial charge is 0.216 e. The summed E-state index contributed by atoms with van der Waals surface area (Å²) in [6.45, 7) is 4.71. The first-order chi connectivity index (χ1) is 7.43. The van der Waals surface area contributed by atoms with E-state index in [0.29, 0.717) is 13.1 Å². The van der Waals surface area contributed by atoms with E-state index in [9.17, 15) is 8.42 Å². The van der Waals surface area contributed by atoms with Gasteiger partial charge in [-0.3, -0.25) is 0 Å². The molecule has 0 spiro atoms. The van der Waals surface area contributed by atoms with Crippen molar-refractivity contribution < 1.29 is 8.42 Å². The maximum absolute atomic E-state index is 11.3. The molecule has 0 aliphatic rings. The monoisotopic (exact) mass is 242 g/mol. The molecule has 4 nitrogen and oxygen atoms in total. The van der Waals surface area contributed by atoms with E-state index in [1.54, 1.807) is 0 Å². The topological polar surface area (TPSA) is 63.4 Å². The van der Waals surface area contributed by atoms with Gasteiger partial charge in [-0.25, -0.2) is 5.14 Å². The van der Waals surface area contributed by atoms with Crippen LogP contribution < -0.4 is 5.14 Å². The molecule has 0 fully saturated rings. The fourth-order valence-electron chi connectivity index (χ4n) is 1.44. The minimum atomic E-state index is -3.60. The van der Waals surface area contributed by atoms with E-state index in [1.807, 2.05) is 38.1 Å². The van der Waals surface area contributed by atoms with Gasteiger partial charge in [0.25, 0.3) is 10.2 Å². The molecular weight excluding hydrogens is 224 g/mol.